The second kappa shape index (κ2) is 7.80. The van der Waals surface area contributed by atoms with Crippen molar-refractivity contribution in [1.29, 1.82) is 0 Å². The van der Waals surface area contributed by atoms with E-state index in [1.54, 1.807) is 18.2 Å². The lowest BCUT2D eigenvalue weighted by Gasteiger charge is -2.45. The third-order valence-electron chi connectivity index (χ3n) is 6.05. The molecular weight excluding hydrogens is 330 g/mol. The molecule has 1 spiro atoms. The van der Waals surface area contributed by atoms with Gasteiger partial charge in [0.15, 0.2) is 0 Å². The van der Waals surface area contributed by atoms with Crippen LogP contribution in [-0.2, 0) is 18.4 Å². The van der Waals surface area contributed by atoms with Crippen molar-refractivity contribution in [2.45, 2.75) is 44.1 Å². The van der Waals surface area contributed by atoms with Gasteiger partial charge >= 0.3 is 0 Å². The van der Waals surface area contributed by atoms with Crippen LogP contribution < -0.4 is 4.74 Å². The normalized spacial score (nSPS) is 19.1. The Bertz CT molecular complexity index is 692. The molecule has 2 aromatic carbocycles. The van der Waals surface area contributed by atoms with Gasteiger partial charge in [-0.3, -0.25) is 4.90 Å². The second-order valence-corrected chi connectivity index (χ2v) is 7.42. The molecule has 25 heavy (non-hydrogen) atoms. The Kier molecular flexibility index (Phi) is 5.71. The van der Waals surface area contributed by atoms with Crippen LogP contribution in [0.5, 0.6) is 5.75 Å². The first-order chi connectivity index (χ1) is 11.8. The lowest BCUT2D eigenvalue weighted by atomic mass is 9.65. The molecule has 0 saturated carbocycles. The molecule has 1 saturated heterocycles. The molecule has 0 N–H and O–H groups in total. The molecular formula is C22H28ClNO. The average Bonchev–Trinajstić information content (AvgIpc) is 2.65. The minimum absolute atomic E-state index is 0. The quantitative estimate of drug-likeness (QED) is 0.767. The summed E-state index contributed by atoms with van der Waals surface area (Å²) in [6.07, 6.45) is 6.46. The van der Waals surface area contributed by atoms with Gasteiger partial charge in [0, 0.05) is 6.54 Å². The fraction of sp³-hybridized carbons (Fsp3) is 0.455. The highest BCUT2D eigenvalue weighted by Gasteiger charge is 2.39. The Morgan fingerprint density at radius 2 is 1.76 bits per heavy atom. The van der Waals surface area contributed by atoms with Crippen LogP contribution >= 0.6 is 12.4 Å². The minimum Gasteiger partial charge on any atom is -0.497 e. The van der Waals surface area contributed by atoms with Gasteiger partial charge in [-0.05, 0) is 79.4 Å². The Balaban J connectivity index is 0.00000182. The van der Waals surface area contributed by atoms with Crippen LogP contribution in [-0.4, -0.2) is 25.1 Å². The van der Waals surface area contributed by atoms with Crippen molar-refractivity contribution in [2.75, 3.05) is 20.2 Å². The molecule has 0 aromatic heterocycles. The van der Waals surface area contributed by atoms with Gasteiger partial charge < -0.3 is 4.74 Å². The van der Waals surface area contributed by atoms with Crippen molar-refractivity contribution in [3.05, 3.63) is 65.2 Å². The zero-order valence-corrected chi connectivity index (χ0v) is 15.9. The first-order valence-corrected chi connectivity index (χ1v) is 9.23. The number of ether oxygens (including phenoxy) is 1. The van der Waals surface area contributed by atoms with Crippen molar-refractivity contribution in [2.24, 2.45) is 0 Å². The lowest BCUT2D eigenvalue weighted by Crippen LogP contribution is -2.44. The number of hydrogen-bond acceptors (Lipinski definition) is 2. The third kappa shape index (κ3) is 3.70. The van der Waals surface area contributed by atoms with E-state index < -0.39 is 0 Å². The van der Waals surface area contributed by atoms with Gasteiger partial charge in [-0.1, -0.05) is 36.4 Å². The Morgan fingerprint density at radius 3 is 2.48 bits per heavy atom. The zero-order chi connectivity index (χ0) is 16.4. The van der Waals surface area contributed by atoms with E-state index in [4.69, 9.17) is 4.74 Å². The number of halogens is 1. The standard InChI is InChI=1S/C22H27NO.ClH/c1-24-20-10-9-19-8-5-11-22(21(19)16-20)12-14-23(15-13-22)17-18-6-3-2-4-7-18;/h2-4,6-7,9-10,16H,5,8,11-15,17H2,1H3;1H. The smallest absolute Gasteiger partial charge is 0.119 e. The molecule has 0 bridgehead atoms. The maximum atomic E-state index is 5.50. The number of fused-ring (bicyclic) bond motifs is 2. The summed E-state index contributed by atoms with van der Waals surface area (Å²) in [4.78, 5) is 2.62. The first-order valence-electron chi connectivity index (χ1n) is 9.23. The Morgan fingerprint density at radius 1 is 1.00 bits per heavy atom. The minimum atomic E-state index is 0. The fourth-order valence-corrected chi connectivity index (χ4v) is 4.65. The molecule has 0 unspecified atom stereocenters. The lowest BCUT2D eigenvalue weighted by molar-refractivity contribution is 0.139. The number of hydrogen-bond donors (Lipinski definition) is 0. The predicted molar refractivity (Wildman–Crippen MR) is 106 cm³/mol. The fourth-order valence-electron chi connectivity index (χ4n) is 4.65. The van der Waals surface area contributed by atoms with E-state index in [0.29, 0.717) is 5.41 Å². The molecule has 0 amide bonds. The summed E-state index contributed by atoms with van der Waals surface area (Å²) >= 11 is 0. The maximum Gasteiger partial charge on any atom is 0.119 e. The van der Waals surface area contributed by atoms with E-state index in [0.717, 1.165) is 12.3 Å². The summed E-state index contributed by atoms with van der Waals surface area (Å²) in [5, 5.41) is 0. The second-order valence-electron chi connectivity index (χ2n) is 7.42. The van der Waals surface area contributed by atoms with Gasteiger partial charge in [-0.25, -0.2) is 0 Å². The van der Waals surface area contributed by atoms with Crippen molar-refractivity contribution in [1.82, 2.24) is 4.90 Å². The van der Waals surface area contributed by atoms with Gasteiger partial charge in [0.1, 0.15) is 5.75 Å². The Labute approximate surface area is 157 Å². The molecule has 0 atom stereocenters. The monoisotopic (exact) mass is 357 g/mol. The highest BCUT2D eigenvalue weighted by Crippen LogP contribution is 2.46. The van der Waals surface area contributed by atoms with Gasteiger partial charge in [0.2, 0.25) is 0 Å². The van der Waals surface area contributed by atoms with Gasteiger partial charge in [-0.15, -0.1) is 12.4 Å². The summed E-state index contributed by atoms with van der Waals surface area (Å²) < 4.78 is 5.50. The topological polar surface area (TPSA) is 12.5 Å². The summed E-state index contributed by atoms with van der Waals surface area (Å²) in [6, 6.07) is 17.6. The number of aryl methyl sites for hydroxylation is 1. The number of benzene rings is 2. The number of rotatable bonds is 3. The number of nitrogens with zero attached hydrogens (tertiary/aromatic N) is 1. The van der Waals surface area contributed by atoms with Crippen LogP contribution in [0.1, 0.15) is 42.4 Å². The SMILES string of the molecule is COc1ccc2c(c1)C1(CCC2)CCN(Cc2ccccc2)CC1.Cl. The van der Waals surface area contributed by atoms with Crippen LogP contribution in [0.4, 0.5) is 0 Å². The van der Waals surface area contributed by atoms with E-state index in [2.05, 4.69) is 53.4 Å². The largest absolute Gasteiger partial charge is 0.497 e. The predicted octanol–water partition coefficient (Wildman–Crippen LogP) is 4.99. The molecule has 2 nitrogen and oxygen atoms in total. The highest BCUT2D eigenvalue weighted by molar-refractivity contribution is 5.85. The van der Waals surface area contributed by atoms with Crippen molar-refractivity contribution >= 4 is 12.4 Å². The maximum absolute atomic E-state index is 5.50. The highest BCUT2D eigenvalue weighted by atomic mass is 35.5. The number of likely N-dealkylation sites (tertiary alicyclic amines) is 1. The van der Waals surface area contributed by atoms with E-state index in [9.17, 15) is 0 Å². The zero-order valence-electron chi connectivity index (χ0n) is 15.0. The molecule has 1 fully saturated rings. The summed E-state index contributed by atoms with van der Waals surface area (Å²) in [7, 11) is 1.78. The van der Waals surface area contributed by atoms with E-state index in [-0.39, 0.29) is 12.4 Å². The molecule has 134 valence electrons. The van der Waals surface area contributed by atoms with Crippen LogP contribution in [0.2, 0.25) is 0 Å². The number of methoxy groups -OCH3 is 1. The average molecular weight is 358 g/mol. The van der Waals surface area contributed by atoms with Gasteiger partial charge in [0.25, 0.3) is 0 Å². The van der Waals surface area contributed by atoms with Crippen LogP contribution in [0.3, 0.4) is 0 Å². The van der Waals surface area contributed by atoms with E-state index in [1.165, 1.54) is 50.8 Å². The molecule has 1 aliphatic carbocycles. The van der Waals surface area contributed by atoms with E-state index >= 15 is 0 Å². The molecule has 1 aliphatic heterocycles. The van der Waals surface area contributed by atoms with Crippen molar-refractivity contribution in [3.8, 4) is 5.75 Å². The molecule has 1 heterocycles. The molecule has 3 heteroatoms. The summed E-state index contributed by atoms with van der Waals surface area (Å²) in [5.74, 6) is 1.02. The molecule has 4 rings (SSSR count). The van der Waals surface area contributed by atoms with Crippen LogP contribution in [0.15, 0.2) is 48.5 Å². The van der Waals surface area contributed by atoms with Crippen molar-refractivity contribution < 1.29 is 4.74 Å². The summed E-state index contributed by atoms with van der Waals surface area (Å²) in [5.41, 5.74) is 4.94. The molecule has 2 aliphatic rings. The molecule has 2 aromatic rings. The Hall–Kier alpha value is -1.51. The van der Waals surface area contributed by atoms with Crippen LogP contribution in [0, 0.1) is 0 Å². The first kappa shape index (κ1) is 18.3. The third-order valence-corrected chi connectivity index (χ3v) is 6.05. The van der Waals surface area contributed by atoms with Gasteiger partial charge in [0.05, 0.1) is 7.11 Å². The van der Waals surface area contributed by atoms with E-state index in [1.807, 2.05) is 0 Å². The van der Waals surface area contributed by atoms with Crippen LogP contribution in [0.25, 0.3) is 0 Å². The summed E-state index contributed by atoms with van der Waals surface area (Å²) in [6.45, 7) is 3.49. The van der Waals surface area contributed by atoms with Gasteiger partial charge in [-0.2, -0.15) is 0 Å². The number of piperidine rings is 1. The van der Waals surface area contributed by atoms with Crippen molar-refractivity contribution in [3.63, 3.8) is 0 Å². The molecule has 0 radical (unpaired) electrons.